The molecule has 0 saturated carbocycles. The van der Waals surface area contributed by atoms with E-state index in [2.05, 4.69) is 26.2 Å². The number of rotatable bonds is 6. The van der Waals surface area contributed by atoms with Crippen molar-refractivity contribution in [3.8, 4) is 16.5 Å². The monoisotopic (exact) mass is 426 g/mol. The first-order valence-corrected chi connectivity index (χ1v) is 9.00. The van der Waals surface area contributed by atoms with Crippen molar-refractivity contribution in [1.29, 1.82) is 0 Å². The zero-order chi connectivity index (χ0) is 16.9. The summed E-state index contributed by atoms with van der Waals surface area (Å²) >= 11 is 10.7. The van der Waals surface area contributed by atoms with Gasteiger partial charge < -0.3 is 14.5 Å². The highest BCUT2D eigenvalue weighted by molar-refractivity contribution is 9.10. The third kappa shape index (κ3) is 4.37. The molecule has 3 aromatic rings. The topological polar surface area (TPSA) is 64.4 Å². The fourth-order valence-corrected chi connectivity index (χ4v) is 3.33. The van der Waals surface area contributed by atoms with Crippen molar-refractivity contribution < 1.29 is 13.9 Å². The van der Waals surface area contributed by atoms with E-state index in [1.807, 2.05) is 17.5 Å². The molecular formula is C16H12BrClN2O3S. The maximum Gasteiger partial charge on any atom is 0.258 e. The van der Waals surface area contributed by atoms with Crippen LogP contribution in [0.4, 0.5) is 0 Å². The van der Waals surface area contributed by atoms with Gasteiger partial charge in [0.2, 0.25) is 5.89 Å². The second-order valence-corrected chi connectivity index (χ2v) is 7.00. The summed E-state index contributed by atoms with van der Waals surface area (Å²) in [6.45, 7) is 0.175. The van der Waals surface area contributed by atoms with Crippen molar-refractivity contribution in [3.63, 3.8) is 0 Å². The molecule has 1 N–H and O–H groups in total. The van der Waals surface area contributed by atoms with Crippen LogP contribution in [0.15, 0.2) is 50.9 Å². The summed E-state index contributed by atoms with van der Waals surface area (Å²) in [7, 11) is 0. The largest absolute Gasteiger partial charge is 0.483 e. The molecule has 1 aromatic carbocycles. The standard InChI is InChI=1S/C16H12BrClN2O3S/c17-12-6-10(18)3-4-13(12)22-9-15(21)19-7-11-8-23-16(20-11)14-2-1-5-24-14/h1-6,8H,7,9H2,(H,19,21). The van der Waals surface area contributed by atoms with Crippen LogP contribution < -0.4 is 10.1 Å². The Morgan fingerprint density at radius 2 is 2.29 bits per heavy atom. The molecule has 0 aliphatic rings. The lowest BCUT2D eigenvalue weighted by molar-refractivity contribution is -0.123. The molecular weight excluding hydrogens is 416 g/mol. The van der Waals surface area contributed by atoms with E-state index in [0.717, 1.165) is 4.88 Å². The van der Waals surface area contributed by atoms with E-state index in [1.165, 1.54) is 6.26 Å². The number of nitrogens with zero attached hydrogens (tertiary/aromatic N) is 1. The molecule has 0 aliphatic carbocycles. The molecule has 0 saturated heterocycles. The minimum absolute atomic E-state index is 0.101. The van der Waals surface area contributed by atoms with Gasteiger partial charge in [-0.15, -0.1) is 11.3 Å². The fraction of sp³-hybridized carbons (Fsp3) is 0.125. The van der Waals surface area contributed by atoms with Crippen molar-refractivity contribution in [3.05, 3.63) is 57.2 Å². The normalized spacial score (nSPS) is 10.6. The van der Waals surface area contributed by atoms with Gasteiger partial charge in [-0.1, -0.05) is 17.7 Å². The molecule has 8 heteroatoms. The highest BCUT2D eigenvalue weighted by atomic mass is 79.9. The zero-order valence-corrected chi connectivity index (χ0v) is 15.5. The number of halogens is 2. The summed E-state index contributed by atoms with van der Waals surface area (Å²) in [6.07, 6.45) is 1.53. The van der Waals surface area contributed by atoms with Crippen molar-refractivity contribution in [2.75, 3.05) is 6.61 Å². The quantitative estimate of drug-likeness (QED) is 0.628. The van der Waals surface area contributed by atoms with Crippen LogP contribution >= 0.6 is 38.9 Å². The Bertz CT molecular complexity index is 836. The summed E-state index contributed by atoms with van der Waals surface area (Å²) in [5.74, 6) is 0.851. The Balaban J connectivity index is 1.49. The third-order valence-electron chi connectivity index (χ3n) is 3.00. The number of carbonyl (C=O) groups is 1. The van der Waals surface area contributed by atoms with E-state index in [0.29, 0.717) is 26.8 Å². The van der Waals surface area contributed by atoms with Crippen LogP contribution in [0, 0.1) is 0 Å². The number of amides is 1. The van der Waals surface area contributed by atoms with Crippen LogP contribution in [0.2, 0.25) is 5.02 Å². The van der Waals surface area contributed by atoms with Gasteiger partial charge in [-0.3, -0.25) is 4.79 Å². The molecule has 0 atom stereocenters. The number of aromatic nitrogens is 1. The SMILES string of the molecule is O=C(COc1ccc(Cl)cc1Br)NCc1coc(-c2cccs2)n1. The van der Waals surface area contributed by atoms with Crippen LogP contribution in [0.5, 0.6) is 5.75 Å². The molecule has 0 bridgehead atoms. The summed E-state index contributed by atoms with van der Waals surface area (Å²) in [4.78, 5) is 17.2. The number of ether oxygens (including phenoxy) is 1. The Labute approximate surface area is 155 Å². The van der Waals surface area contributed by atoms with Crippen molar-refractivity contribution >= 4 is 44.8 Å². The minimum atomic E-state index is -0.252. The molecule has 124 valence electrons. The second-order valence-electron chi connectivity index (χ2n) is 4.76. The average molecular weight is 428 g/mol. The second kappa shape index (κ2) is 7.83. The molecule has 2 aromatic heterocycles. The molecule has 5 nitrogen and oxygen atoms in total. The van der Waals surface area contributed by atoms with E-state index in [-0.39, 0.29) is 19.1 Å². The van der Waals surface area contributed by atoms with Gasteiger partial charge in [-0.2, -0.15) is 0 Å². The predicted octanol–water partition coefficient (Wildman–Crippen LogP) is 4.51. The number of thiophene rings is 1. The lowest BCUT2D eigenvalue weighted by Crippen LogP contribution is -2.28. The molecule has 2 heterocycles. The third-order valence-corrected chi connectivity index (χ3v) is 4.72. The summed E-state index contributed by atoms with van der Waals surface area (Å²) in [6, 6.07) is 8.95. The van der Waals surface area contributed by atoms with Gasteiger partial charge in [0.15, 0.2) is 6.61 Å². The Kier molecular flexibility index (Phi) is 5.55. The lowest BCUT2D eigenvalue weighted by Gasteiger charge is -2.08. The van der Waals surface area contributed by atoms with Gasteiger partial charge in [0.05, 0.1) is 21.6 Å². The number of hydrogen-bond donors (Lipinski definition) is 1. The van der Waals surface area contributed by atoms with Crippen molar-refractivity contribution in [1.82, 2.24) is 10.3 Å². The molecule has 0 unspecified atom stereocenters. The molecule has 0 fully saturated rings. The van der Waals surface area contributed by atoms with E-state index >= 15 is 0 Å². The van der Waals surface area contributed by atoms with Gasteiger partial charge in [0, 0.05) is 5.02 Å². The van der Waals surface area contributed by atoms with E-state index in [1.54, 1.807) is 29.5 Å². The predicted molar refractivity (Wildman–Crippen MR) is 96.3 cm³/mol. The molecule has 24 heavy (non-hydrogen) atoms. The maximum absolute atomic E-state index is 11.9. The first-order chi connectivity index (χ1) is 11.6. The smallest absolute Gasteiger partial charge is 0.258 e. The van der Waals surface area contributed by atoms with E-state index in [9.17, 15) is 4.79 Å². The van der Waals surface area contributed by atoms with Gasteiger partial charge in [-0.25, -0.2) is 4.98 Å². The van der Waals surface area contributed by atoms with Crippen LogP contribution in [0.25, 0.3) is 10.8 Å². The van der Waals surface area contributed by atoms with Crippen LogP contribution in [0.1, 0.15) is 5.69 Å². The van der Waals surface area contributed by atoms with Gasteiger partial charge in [0.25, 0.3) is 5.91 Å². The number of carbonyl (C=O) groups excluding carboxylic acids is 1. The van der Waals surface area contributed by atoms with Gasteiger partial charge in [-0.05, 0) is 45.6 Å². The molecule has 0 spiro atoms. The first-order valence-electron chi connectivity index (χ1n) is 6.94. The number of oxazole rings is 1. The lowest BCUT2D eigenvalue weighted by atomic mass is 10.3. The van der Waals surface area contributed by atoms with E-state index in [4.69, 9.17) is 20.8 Å². The highest BCUT2D eigenvalue weighted by Crippen LogP contribution is 2.28. The fourth-order valence-electron chi connectivity index (χ4n) is 1.88. The Hall–Kier alpha value is -1.83. The zero-order valence-electron chi connectivity index (χ0n) is 12.3. The minimum Gasteiger partial charge on any atom is -0.483 e. The molecule has 3 rings (SSSR count). The van der Waals surface area contributed by atoms with Gasteiger partial charge in [0.1, 0.15) is 12.0 Å². The van der Waals surface area contributed by atoms with Gasteiger partial charge >= 0.3 is 0 Å². The van der Waals surface area contributed by atoms with Crippen LogP contribution in [-0.4, -0.2) is 17.5 Å². The highest BCUT2D eigenvalue weighted by Gasteiger charge is 2.10. The molecule has 1 amide bonds. The van der Waals surface area contributed by atoms with Crippen molar-refractivity contribution in [2.45, 2.75) is 6.54 Å². The Morgan fingerprint density at radius 3 is 3.04 bits per heavy atom. The first kappa shape index (κ1) is 17.0. The number of hydrogen-bond acceptors (Lipinski definition) is 5. The Morgan fingerprint density at radius 1 is 1.42 bits per heavy atom. The molecule has 0 radical (unpaired) electrons. The summed E-state index contributed by atoms with van der Waals surface area (Å²) in [5, 5.41) is 5.27. The van der Waals surface area contributed by atoms with Crippen LogP contribution in [-0.2, 0) is 11.3 Å². The van der Waals surface area contributed by atoms with Crippen molar-refractivity contribution in [2.24, 2.45) is 0 Å². The van der Waals surface area contributed by atoms with E-state index < -0.39 is 0 Å². The summed E-state index contributed by atoms with van der Waals surface area (Å²) in [5.41, 5.74) is 0.652. The summed E-state index contributed by atoms with van der Waals surface area (Å²) < 4.78 is 11.5. The molecule has 0 aliphatic heterocycles. The number of nitrogens with one attached hydrogen (secondary N) is 1. The maximum atomic E-state index is 11.9. The van der Waals surface area contributed by atoms with Crippen LogP contribution in [0.3, 0.4) is 0 Å². The average Bonchev–Trinajstić information content (AvgIpc) is 3.23. The number of benzene rings is 1.